The van der Waals surface area contributed by atoms with Gasteiger partial charge in [0, 0.05) is 44.8 Å². The van der Waals surface area contributed by atoms with Crippen LogP contribution in [0.25, 0.3) is 0 Å². The van der Waals surface area contributed by atoms with Crippen molar-refractivity contribution >= 4 is 272 Å². The van der Waals surface area contributed by atoms with Gasteiger partial charge >= 0.3 is 17.9 Å². The number of ether oxygens (including phenoxy) is 3. The van der Waals surface area contributed by atoms with Crippen molar-refractivity contribution in [2.45, 2.75) is 19.3 Å². The second kappa shape index (κ2) is 20.2. The molecule has 7 nitrogen and oxygen atoms in total. The standard InChI is InChI=1S/C35H19I11O7/c1-13-2-14(36)4-18(27(13)43)32(48)51-10-35(11-52-33(49)19-5-16(38)7-23(41)29(19)45)9-20(31(47)17-3-15(37)6-22(40)28(17)44)25-21(39)8-24(42)30(46)26(25)34(50)53-12-35/h2-8,20H,9-12H2,1H3/t20-,35?/m0/s1. The summed E-state index contributed by atoms with van der Waals surface area (Å²) in [5.41, 5.74) is 1.81. The van der Waals surface area contributed by atoms with E-state index >= 15 is 4.79 Å². The molecule has 0 N–H and O–H groups in total. The maximum atomic E-state index is 15.1. The smallest absolute Gasteiger partial charge is 0.339 e. The third-order valence-corrected chi connectivity index (χ3v) is 21.4. The Bertz CT molecular complexity index is 2130. The molecular formula is C35H19I11O7. The third kappa shape index (κ3) is 11.1. The quantitative estimate of drug-likeness (QED) is 0.0570. The third-order valence-electron chi connectivity index (χ3n) is 8.15. The number of carbonyl (C=O) groups excluding carboxylic acids is 4. The molecule has 0 bridgehead atoms. The minimum absolute atomic E-state index is 0.0564. The molecule has 278 valence electrons. The Balaban J connectivity index is 1.67. The first-order chi connectivity index (χ1) is 24.8. The molecular weight excluding hydrogens is 1930 g/mol. The predicted octanol–water partition coefficient (Wildman–Crippen LogP) is 12.9. The molecule has 1 aliphatic heterocycles. The number of rotatable bonds is 8. The highest BCUT2D eigenvalue weighted by atomic mass is 127. The summed E-state index contributed by atoms with van der Waals surface area (Å²) in [7, 11) is 0. The molecule has 0 spiro atoms. The molecule has 0 fully saturated rings. The van der Waals surface area contributed by atoms with Gasteiger partial charge in [-0.2, -0.15) is 0 Å². The Morgan fingerprint density at radius 3 is 1.68 bits per heavy atom. The summed E-state index contributed by atoms with van der Waals surface area (Å²) in [5.74, 6) is -2.81. The van der Waals surface area contributed by atoms with Crippen LogP contribution < -0.4 is 0 Å². The molecule has 53 heavy (non-hydrogen) atoms. The number of hydrogen-bond acceptors (Lipinski definition) is 7. The van der Waals surface area contributed by atoms with E-state index in [1.807, 2.05) is 37.3 Å². The molecule has 1 unspecified atom stereocenters. The van der Waals surface area contributed by atoms with Gasteiger partial charge in [0.1, 0.15) is 19.8 Å². The van der Waals surface area contributed by atoms with Crippen molar-refractivity contribution in [3.63, 3.8) is 0 Å². The zero-order chi connectivity index (χ0) is 39.1. The van der Waals surface area contributed by atoms with Crippen LogP contribution in [0.5, 0.6) is 0 Å². The van der Waals surface area contributed by atoms with Crippen LogP contribution >= 0.6 is 248 Å². The zero-order valence-corrected chi connectivity index (χ0v) is 50.2. The number of esters is 3. The monoisotopic (exact) mass is 1950 g/mol. The summed E-state index contributed by atoms with van der Waals surface area (Å²) < 4.78 is 27.3. The lowest BCUT2D eigenvalue weighted by Crippen LogP contribution is -2.44. The number of hydrogen-bond donors (Lipinski definition) is 0. The van der Waals surface area contributed by atoms with E-state index in [2.05, 4.69) is 248 Å². The van der Waals surface area contributed by atoms with Crippen molar-refractivity contribution < 1.29 is 33.4 Å². The minimum atomic E-state index is -1.31. The molecule has 0 amide bonds. The van der Waals surface area contributed by atoms with Crippen LogP contribution in [0.15, 0.2) is 42.5 Å². The molecule has 0 saturated carbocycles. The van der Waals surface area contributed by atoms with Gasteiger partial charge in [0.2, 0.25) is 0 Å². The van der Waals surface area contributed by atoms with E-state index in [1.54, 1.807) is 12.1 Å². The Labute approximate surface area is 455 Å². The zero-order valence-electron chi connectivity index (χ0n) is 26.5. The highest BCUT2D eigenvalue weighted by molar-refractivity contribution is 14.1. The van der Waals surface area contributed by atoms with Gasteiger partial charge in [0.25, 0.3) is 0 Å². The summed E-state index contributed by atoms with van der Waals surface area (Å²) >= 11 is 23.9. The minimum Gasteiger partial charge on any atom is -0.461 e. The molecule has 5 rings (SSSR count). The van der Waals surface area contributed by atoms with E-state index in [1.165, 1.54) is 0 Å². The fourth-order valence-corrected chi connectivity index (χ4v) is 14.5. The van der Waals surface area contributed by atoms with E-state index < -0.39 is 29.2 Å². The highest BCUT2D eigenvalue weighted by Crippen LogP contribution is 2.44. The first kappa shape index (κ1) is 47.0. The summed E-state index contributed by atoms with van der Waals surface area (Å²) in [6, 6.07) is 13.3. The normalized spacial score (nSPS) is 17.0. The second-order valence-electron chi connectivity index (χ2n) is 11.9. The summed E-state index contributed by atoms with van der Waals surface area (Å²) in [4.78, 5) is 56.8. The number of fused-ring (bicyclic) bond motifs is 1. The molecule has 0 saturated heterocycles. The fourth-order valence-electron chi connectivity index (χ4n) is 5.60. The van der Waals surface area contributed by atoms with Crippen molar-refractivity contribution in [1.29, 1.82) is 0 Å². The number of ketones is 1. The second-order valence-corrected chi connectivity index (χ2v) is 24.6. The van der Waals surface area contributed by atoms with Crippen LogP contribution in [-0.4, -0.2) is 43.5 Å². The molecule has 0 aliphatic carbocycles. The molecule has 4 aromatic rings. The Hall–Kier alpha value is 2.99. The van der Waals surface area contributed by atoms with Crippen molar-refractivity contribution in [1.82, 2.24) is 0 Å². The van der Waals surface area contributed by atoms with Crippen LogP contribution in [0.3, 0.4) is 0 Å². The van der Waals surface area contributed by atoms with Gasteiger partial charge in [0.05, 0.1) is 28.0 Å². The average molecular weight is 1950 g/mol. The molecule has 1 heterocycles. The van der Waals surface area contributed by atoms with E-state index in [9.17, 15) is 14.4 Å². The fraction of sp³-hybridized carbons (Fsp3) is 0.200. The van der Waals surface area contributed by atoms with Crippen LogP contribution in [0.1, 0.15) is 64.9 Å². The lowest BCUT2D eigenvalue weighted by atomic mass is 9.74. The Kier molecular flexibility index (Phi) is 18.0. The number of Topliss-reactive ketones (excluding diaryl/α,β-unsaturated/α-hetero) is 1. The number of benzene rings is 4. The van der Waals surface area contributed by atoms with Gasteiger partial charge in [0.15, 0.2) is 5.78 Å². The number of aryl methyl sites for hydroxylation is 1. The van der Waals surface area contributed by atoms with E-state index in [-0.39, 0.29) is 32.0 Å². The summed E-state index contributed by atoms with van der Waals surface area (Å²) in [6.07, 6.45) is 0.0564. The summed E-state index contributed by atoms with van der Waals surface area (Å²) in [5, 5.41) is 0. The van der Waals surface area contributed by atoms with Gasteiger partial charge in [-0.15, -0.1) is 0 Å². The predicted molar refractivity (Wildman–Crippen MR) is 295 cm³/mol. The van der Waals surface area contributed by atoms with Crippen LogP contribution in [0.2, 0.25) is 0 Å². The first-order valence-electron chi connectivity index (χ1n) is 14.8. The Morgan fingerprint density at radius 2 is 1.11 bits per heavy atom. The topological polar surface area (TPSA) is 96.0 Å². The SMILES string of the molecule is Cc1cc(I)cc(C(=O)OCC2(COC(=O)c3cc(I)cc(I)c3I)COC(=O)c3c(I)c(I)cc(I)c3[C@@H](C(=O)c3cc(I)cc(I)c3I)C2)c1I. The van der Waals surface area contributed by atoms with E-state index in [0.29, 0.717) is 31.4 Å². The van der Waals surface area contributed by atoms with Crippen molar-refractivity contribution in [3.8, 4) is 0 Å². The molecule has 18 heteroatoms. The van der Waals surface area contributed by atoms with Gasteiger partial charge in [-0.1, -0.05) is 0 Å². The van der Waals surface area contributed by atoms with E-state index in [0.717, 1.165) is 41.3 Å². The number of cyclic esters (lactones) is 1. The van der Waals surface area contributed by atoms with Gasteiger partial charge in [-0.3, -0.25) is 4.79 Å². The number of carbonyl (C=O) groups is 4. The van der Waals surface area contributed by atoms with Crippen molar-refractivity contribution in [2.24, 2.45) is 5.41 Å². The van der Waals surface area contributed by atoms with Gasteiger partial charge in [-0.05, 0) is 315 Å². The van der Waals surface area contributed by atoms with Gasteiger partial charge in [-0.25, -0.2) is 14.4 Å². The van der Waals surface area contributed by atoms with Crippen molar-refractivity contribution in [2.75, 3.05) is 19.8 Å². The number of halogens is 11. The van der Waals surface area contributed by atoms with Crippen LogP contribution in [-0.2, 0) is 14.2 Å². The van der Waals surface area contributed by atoms with Crippen LogP contribution in [0, 0.1) is 51.6 Å². The first-order valence-corrected chi connectivity index (χ1v) is 26.7. The lowest BCUT2D eigenvalue weighted by Gasteiger charge is -2.38. The highest BCUT2D eigenvalue weighted by Gasteiger charge is 2.46. The van der Waals surface area contributed by atoms with Gasteiger partial charge < -0.3 is 14.2 Å². The molecule has 0 radical (unpaired) electrons. The molecule has 0 aromatic heterocycles. The van der Waals surface area contributed by atoms with E-state index in [4.69, 9.17) is 14.2 Å². The maximum Gasteiger partial charge on any atom is 0.339 e. The Morgan fingerprint density at radius 1 is 0.642 bits per heavy atom. The molecule has 1 aliphatic rings. The van der Waals surface area contributed by atoms with Crippen LogP contribution in [0.4, 0.5) is 0 Å². The largest absolute Gasteiger partial charge is 0.461 e. The molecule has 2 atom stereocenters. The average Bonchev–Trinajstić information content (AvgIpc) is 3.09. The molecule has 4 aromatic carbocycles. The summed E-state index contributed by atoms with van der Waals surface area (Å²) in [6.45, 7) is 1.09. The van der Waals surface area contributed by atoms with Crippen molar-refractivity contribution in [3.05, 3.63) is 115 Å². The maximum absolute atomic E-state index is 15.1. The lowest BCUT2D eigenvalue weighted by molar-refractivity contribution is -0.0437.